The van der Waals surface area contributed by atoms with Crippen LogP contribution in [-0.2, 0) is 6.54 Å². The van der Waals surface area contributed by atoms with Crippen LogP contribution in [0.15, 0.2) is 29.1 Å². The number of benzene rings is 1. The van der Waals surface area contributed by atoms with Gasteiger partial charge in [0.05, 0.1) is 24.6 Å². The van der Waals surface area contributed by atoms with Crippen molar-refractivity contribution < 1.29 is 22.7 Å². The topological polar surface area (TPSA) is 127 Å². The molecular weight excluding hydrogens is 515 g/mol. The monoisotopic (exact) mass is 547 g/mol. The number of nitrogens with two attached hydrogens (primary N) is 1. The quantitative estimate of drug-likeness (QED) is 0.390. The number of nitrogen functional groups attached to an aromatic ring is 1. The van der Waals surface area contributed by atoms with E-state index < -0.39 is 23.9 Å². The van der Waals surface area contributed by atoms with Crippen LogP contribution in [0, 0.1) is 0 Å². The molecule has 0 radical (unpaired) electrons. The number of alkyl halides is 3. The molecule has 13 heteroatoms. The molecule has 0 bridgehead atoms. The van der Waals surface area contributed by atoms with Gasteiger partial charge in [-0.15, -0.1) is 0 Å². The summed E-state index contributed by atoms with van der Waals surface area (Å²) in [5.74, 6) is 0.455. The average Bonchev–Trinajstić information content (AvgIpc) is 2.91. The molecule has 3 aromatic rings. The normalized spacial score (nSPS) is 14.9. The number of aromatic nitrogens is 3. The standard InChI is InChI=1S/C26H32F3N7O3/c1-4-36-20(30)14-18(37)21-22(24(38)31-2)33-25(34-23(21)36)32-17-6-5-16(13-19(17)39-3)15-7-10-35(11-8-15)12-9-26(27,28)29/h5-6,13-15H,4,7-12,30H2,1-3H3,(H,31,38)(H,32,33,34). The van der Waals surface area contributed by atoms with E-state index in [2.05, 4.69) is 20.6 Å². The highest BCUT2D eigenvalue weighted by Crippen LogP contribution is 2.35. The molecule has 1 aromatic carbocycles. The third-order valence-electron chi connectivity index (χ3n) is 6.98. The number of pyridine rings is 1. The van der Waals surface area contributed by atoms with Crippen LogP contribution in [0.1, 0.15) is 48.2 Å². The number of piperidine rings is 1. The molecule has 0 aliphatic carbocycles. The summed E-state index contributed by atoms with van der Waals surface area (Å²) in [5.41, 5.74) is 7.30. The molecular formula is C26H32F3N7O3. The Hall–Kier alpha value is -3.87. The van der Waals surface area contributed by atoms with Crippen molar-refractivity contribution in [1.29, 1.82) is 0 Å². The van der Waals surface area contributed by atoms with Crippen molar-refractivity contribution in [3.05, 3.63) is 45.7 Å². The summed E-state index contributed by atoms with van der Waals surface area (Å²) >= 11 is 0. The van der Waals surface area contributed by atoms with Gasteiger partial charge in [0.2, 0.25) is 5.95 Å². The van der Waals surface area contributed by atoms with Gasteiger partial charge in [-0.25, -0.2) is 4.98 Å². The molecule has 1 aliphatic heterocycles. The van der Waals surface area contributed by atoms with Crippen LogP contribution in [-0.4, -0.2) is 65.3 Å². The molecule has 0 atom stereocenters. The lowest BCUT2D eigenvalue weighted by molar-refractivity contribution is -0.138. The Morgan fingerprint density at radius 3 is 2.54 bits per heavy atom. The maximum Gasteiger partial charge on any atom is 0.390 e. The van der Waals surface area contributed by atoms with E-state index in [0.717, 1.165) is 18.4 Å². The highest BCUT2D eigenvalue weighted by atomic mass is 19.4. The number of ether oxygens (including phenoxy) is 1. The van der Waals surface area contributed by atoms with E-state index in [9.17, 15) is 22.8 Å². The lowest BCUT2D eigenvalue weighted by atomic mass is 9.89. The predicted molar refractivity (Wildman–Crippen MR) is 143 cm³/mol. The molecule has 4 rings (SSSR count). The van der Waals surface area contributed by atoms with Crippen molar-refractivity contribution in [2.75, 3.05) is 44.8 Å². The summed E-state index contributed by atoms with van der Waals surface area (Å²) < 4.78 is 44.9. The number of anilines is 3. The first kappa shape index (κ1) is 28.1. The second-order valence-electron chi connectivity index (χ2n) is 9.42. The number of likely N-dealkylation sites (tertiary alicyclic amines) is 1. The van der Waals surface area contributed by atoms with E-state index in [-0.39, 0.29) is 41.0 Å². The number of amides is 1. The largest absolute Gasteiger partial charge is 0.495 e. The fourth-order valence-corrected chi connectivity index (χ4v) is 4.91. The minimum atomic E-state index is -4.15. The van der Waals surface area contributed by atoms with Crippen LogP contribution in [0.25, 0.3) is 11.0 Å². The second kappa shape index (κ2) is 11.5. The number of halogens is 3. The SMILES string of the molecule is CCn1c(N)cc(=O)c2c(C(=O)NC)nc(Nc3ccc(C4CCN(CCC(F)(F)F)CC4)cc3OC)nc21. The molecule has 39 heavy (non-hydrogen) atoms. The first-order valence-electron chi connectivity index (χ1n) is 12.7. The molecule has 0 saturated carbocycles. The maximum atomic E-state index is 12.7. The van der Waals surface area contributed by atoms with Crippen LogP contribution in [0.3, 0.4) is 0 Å². The average molecular weight is 548 g/mol. The first-order valence-corrected chi connectivity index (χ1v) is 12.7. The van der Waals surface area contributed by atoms with E-state index in [0.29, 0.717) is 31.1 Å². The van der Waals surface area contributed by atoms with Gasteiger partial charge in [-0.05, 0) is 56.5 Å². The van der Waals surface area contributed by atoms with Gasteiger partial charge in [0.1, 0.15) is 17.3 Å². The summed E-state index contributed by atoms with van der Waals surface area (Å²) in [7, 11) is 2.97. The fourth-order valence-electron chi connectivity index (χ4n) is 4.91. The molecule has 3 heterocycles. The molecule has 2 aromatic heterocycles. The maximum absolute atomic E-state index is 12.7. The van der Waals surface area contributed by atoms with E-state index in [1.807, 2.05) is 30.0 Å². The molecule has 0 spiro atoms. The zero-order valence-electron chi connectivity index (χ0n) is 22.1. The van der Waals surface area contributed by atoms with Gasteiger partial charge in [0.15, 0.2) is 11.1 Å². The van der Waals surface area contributed by atoms with Gasteiger partial charge in [0, 0.05) is 26.2 Å². The number of fused-ring (bicyclic) bond motifs is 1. The molecule has 1 aliphatic rings. The summed E-state index contributed by atoms with van der Waals surface area (Å²) in [6, 6.07) is 6.88. The third kappa shape index (κ3) is 6.24. The minimum absolute atomic E-state index is 0.0176. The molecule has 210 valence electrons. The van der Waals surface area contributed by atoms with Gasteiger partial charge in [0.25, 0.3) is 5.91 Å². The van der Waals surface area contributed by atoms with Crippen molar-refractivity contribution in [3.63, 3.8) is 0 Å². The Morgan fingerprint density at radius 1 is 1.21 bits per heavy atom. The van der Waals surface area contributed by atoms with Crippen LogP contribution in [0.4, 0.5) is 30.6 Å². The second-order valence-corrected chi connectivity index (χ2v) is 9.42. The fraction of sp³-hybridized carbons (Fsp3) is 0.462. The zero-order valence-corrected chi connectivity index (χ0v) is 22.1. The Labute approximate surface area is 223 Å². The van der Waals surface area contributed by atoms with Crippen molar-refractivity contribution >= 4 is 34.4 Å². The highest BCUT2D eigenvalue weighted by Gasteiger charge is 2.29. The number of hydrogen-bond acceptors (Lipinski definition) is 8. The lowest BCUT2D eigenvalue weighted by Crippen LogP contribution is -2.35. The smallest absolute Gasteiger partial charge is 0.390 e. The molecule has 1 saturated heterocycles. The highest BCUT2D eigenvalue weighted by molar-refractivity contribution is 6.04. The number of nitrogens with zero attached hydrogens (tertiary/aromatic N) is 4. The zero-order chi connectivity index (χ0) is 28.3. The molecule has 1 amide bonds. The van der Waals surface area contributed by atoms with E-state index in [1.165, 1.54) is 20.2 Å². The Morgan fingerprint density at radius 2 is 1.92 bits per heavy atom. The van der Waals surface area contributed by atoms with Gasteiger partial charge in [-0.2, -0.15) is 18.2 Å². The van der Waals surface area contributed by atoms with Crippen LogP contribution >= 0.6 is 0 Å². The number of carbonyl (C=O) groups excluding carboxylic acids is 1. The molecule has 1 fully saturated rings. The first-order chi connectivity index (χ1) is 18.5. The predicted octanol–water partition coefficient (Wildman–Crippen LogP) is 3.64. The minimum Gasteiger partial charge on any atom is -0.495 e. The van der Waals surface area contributed by atoms with Crippen LogP contribution < -0.4 is 26.5 Å². The number of methoxy groups -OCH3 is 1. The van der Waals surface area contributed by atoms with E-state index in [4.69, 9.17) is 10.5 Å². The molecule has 0 unspecified atom stereocenters. The number of rotatable bonds is 8. The third-order valence-corrected chi connectivity index (χ3v) is 6.98. The van der Waals surface area contributed by atoms with E-state index in [1.54, 1.807) is 4.57 Å². The van der Waals surface area contributed by atoms with Crippen molar-refractivity contribution in [2.45, 2.75) is 44.8 Å². The molecule has 10 nitrogen and oxygen atoms in total. The summed E-state index contributed by atoms with van der Waals surface area (Å²) in [5, 5.41) is 5.67. The Balaban J connectivity index is 1.60. The number of carbonyl (C=O) groups is 1. The van der Waals surface area contributed by atoms with Gasteiger partial charge >= 0.3 is 6.18 Å². The summed E-state index contributed by atoms with van der Waals surface area (Å²) in [6.07, 6.45) is -3.46. The number of nitrogens with one attached hydrogen (secondary N) is 2. The lowest BCUT2D eigenvalue weighted by Gasteiger charge is -2.32. The Bertz CT molecular complexity index is 1420. The van der Waals surface area contributed by atoms with E-state index >= 15 is 0 Å². The van der Waals surface area contributed by atoms with Crippen molar-refractivity contribution in [3.8, 4) is 5.75 Å². The number of hydrogen-bond donors (Lipinski definition) is 3. The van der Waals surface area contributed by atoms with Crippen molar-refractivity contribution in [2.24, 2.45) is 0 Å². The van der Waals surface area contributed by atoms with Gasteiger partial charge in [-0.3, -0.25) is 9.59 Å². The van der Waals surface area contributed by atoms with Crippen molar-refractivity contribution in [1.82, 2.24) is 24.8 Å². The van der Waals surface area contributed by atoms with Gasteiger partial charge in [-0.1, -0.05) is 6.07 Å². The summed E-state index contributed by atoms with van der Waals surface area (Å²) in [4.78, 5) is 36.0. The summed E-state index contributed by atoms with van der Waals surface area (Å²) in [6.45, 7) is 3.47. The van der Waals surface area contributed by atoms with Crippen LogP contribution in [0.2, 0.25) is 0 Å². The number of aryl methyl sites for hydroxylation is 1. The Kier molecular flexibility index (Phi) is 8.28. The van der Waals surface area contributed by atoms with Crippen LogP contribution in [0.5, 0.6) is 5.75 Å². The van der Waals surface area contributed by atoms with Gasteiger partial charge < -0.3 is 30.6 Å². The molecule has 4 N–H and O–H groups in total.